The van der Waals surface area contributed by atoms with Crippen LogP contribution in [0, 0.1) is 0 Å². The minimum Gasteiger partial charge on any atom is -0.497 e. The first-order valence-electron chi connectivity index (χ1n) is 13.0. The van der Waals surface area contributed by atoms with Gasteiger partial charge in [-0.25, -0.2) is 9.66 Å². The number of nitrogens with zero attached hydrogens (tertiary/aromatic N) is 2. The molecule has 16 heteroatoms. The number of sulfonamides is 2. The van der Waals surface area contributed by atoms with E-state index in [4.69, 9.17) is 48.7 Å². The molecule has 0 radical (unpaired) electrons. The van der Waals surface area contributed by atoms with E-state index in [1.54, 1.807) is 48.5 Å². The molecule has 0 amide bonds. The van der Waals surface area contributed by atoms with Crippen molar-refractivity contribution >= 4 is 78.2 Å². The fraction of sp³-hybridized carbons (Fsp3) is 0.0667. The smallest absolute Gasteiger partial charge is 0.278 e. The Hall–Kier alpha value is -4.27. The van der Waals surface area contributed by atoms with E-state index >= 15 is 0 Å². The van der Waals surface area contributed by atoms with Crippen LogP contribution in [-0.2, 0) is 20.0 Å². The van der Waals surface area contributed by atoms with Crippen molar-refractivity contribution in [2.75, 3.05) is 14.2 Å². The zero-order valence-electron chi connectivity index (χ0n) is 23.9. The van der Waals surface area contributed by atoms with Crippen molar-refractivity contribution in [2.24, 2.45) is 10.2 Å². The van der Waals surface area contributed by atoms with Crippen molar-refractivity contribution in [3.05, 3.63) is 105 Å². The highest BCUT2D eigenvalue weighted by Crippen LogP contribution is 2.41. The Labute approximate surface area is 279 Å². The van der Waals surface area contributed by atoms with Crippen molar-refractivity contribution in [3.63, 3.8) is 0 Å². The third-order valence-electron chi connectivity index (χ3n) is 6.46. The number of benzene rings is 4. The Morgan fingerprint density at radius 3 is 1.67 bits per heavy atom. The summed E-state index contributed by atoms with van der Waals surface area (Å²) in [5, 5.41) is 7.63. The van der Waals surface area contributed by atoms with Gasteiger partial charge in [-0.3, -0.25) is 0 Å². The normalized spacial score (nSPS) is 12.2. The van der Waals surface area contributed by atoms with Crippen LogP contribution in [0.4, 0.5) is 0 Å². The van der Waals surface area contributed by atoms with E-state index in [2.05, 4.69) is 19.9 Å². The van der Waals surface area contributed by atoms with E-state index in [-0.39, 0.29) is 47.2 Å². The lowest BCUT2D eigenvalue weighted by atomic mass is 10.1. The van der Waals surface area contributed by atoms with E-state index in [0.29, 0.717) is 22.6 Å². The zero-order chi connectivity index (χ0) is 33.1. The van der Waals surface area contributed by atoms with Crippen LogP contribution in [0.5, 0.6) is 11.5 Å². The molecule has 5 aromatic rings. The Morgan fingerprint density at radius 1 is 0.674 bits per heavy atom. The fourth-order valence-electron chi connectivity index (χ4n) is 4.13. The van der Waals surface area contributed by atoms with E-state index in [0.717, 1.165) is 0 Å². The summed E-state index contributed by atoms with van der Waals surface area (Å²) in [7, 11) is -5.40. The fourth-order valence-corrected chi connectivity index (χ4v) is 7.08. The third-order valence-corrected chi connectivity index (χ3v) is 10.2. The van der Waals surface area contributed by atoms with Crippen LogP contribution < -0.4 is 19.1 Å². The standard InChI is InChI=1S/C30H23Cl3N4O7S2/c1-42-21-8-3-18(4-9-21)16-34-36-45(38,39)27-13-20(7-12-24(27)31)30-29(33)23-14-28(25(32)15-26(23)44-30)46(40,41)37-35-17-19-5-10-22(43-2)11-6-19/h3-17,36-37H,1-2H3/b34-16-,35-17+. The molecule has 46 heavy (non-hydrogen) atoms. The number of hydrogen-bond acceptors (Lipinski definition) is 9. The summed E-state index contributed by atoms with van der Waals surface area (Å²) < 4.78 is 68.4. The van der Waals surface area contributed by atoms with Gasteiger partial charge in [0.05, 0.1) is 41.7 Å². The van der Waals surface area contributed by atoms with Gasteiger partial charge >= 0.3 is 0 Å². The van der Waals surface area contributed by atoms with Crippen LogP contribution in [-0.4, -0.2) is 43.5 Å². The van der Waals surface area contributed by atoms with Gasteiger partial charge in [-0.2, -0.15) is 27.0 Å². The first kappa shape index (κ1) is 33.1. The average molecular weight is 722 g/mol. The van der Waals surface area contributed by atoms with Crippen molar-refractivity contribution in [1.82, 2.24) is 9.66 Å². The molecule has 0 bridgehead atoms. The lowest BCUT2D eigenvalue weighted by Crippen LogP contribution is -2.19. The zero-order valence-corrected chi connectivity index (χ0v) is 27.8. The molecule has 0 saturated heterocycles. The molecule has 0 fully saturated rings. The van der Waals surface area contributed by atoms with Gasteiger partial charge < -0.3 is 13.9 Å². The second-order valence-corrected chi connectivity index (χ2v) is 13.9. The number of hydrazone groups is 2. The van der Waals surface area contributed by atoms with Gasteiger partial charge in [-0.05, 0) is 83.9 Å². The molecule has 5 rings (SSSR count). The predicted molar refractivity (Wildman–Crippen MR) is 178 cm³/mol. The molecule has 0 aliphatic heterocycles. The SMILES string of the molecule is COc1ccc(/C=N\NS(=O)(=O)c2cc(-c3oc4cc(Cl)c(S(=O)(=O)N/N=C/c5ccc(OC)cc5)cc4c3Cl)ccc2Cl)cc1. The first-order valence-corrected chi connectivity index (χ1v) is 17.1. The minimum absolute atomic E-state index is 0.0148. The Kier molecular flexibility index (Phi) is 9.79. The summed E-state index contributed by atoms with van der Waals surface area (Å²) in [6.07, 6.45) is 2.64. The Bertz CT molecular complexity index is 2190. The quantitative estimate of drug-likeness (QED) is 0.114. The number of fused-ring (bicyclic) bond motifs is 1. The Balaban J connectivity index is 1.41. The molecule has 0 aliphatic carbocycles. The molecule has 1 aromatic heterocycles. The highest BCUT2D eigenvalue weighted by Gasteiger charge is 2.25. The van der Waals surface area contributed by atoms with Crippen LogP contribution in [0.3, 0.4) is 0 Å². The summed E-state index contributed by atoms with van der Waals surface area (Å²) >= 11 is 19.2. The van der Waals surface area contributed by atoms with Crippen LogP contribution in [0.1, 0.15) is 11.1 Å². The van der Waals surface area contributed by atoms with E-state index in [1.807, 2.05) is 0 Å². The summed E-state index contributed by atoms with van der Waals surface area (Å²) in [5.74, 6) is 1.33. The van der Waals surface area contributed by atoms with Crippen molar-refractivity contribution in [1.29, 1.82) is 0 Å². The maximum Gasteiger partial charge on any atom is 0.278 e. The molecule has 1 heterocycles. The number of rotatable bonds is 11. The lowest BCUT2D eigenvalue weighted by molar-refractivity contribution is 0.414. The molecule has 0 unspecified atom stereocenters. The summed E-state index contributed by atoms with van der Waals surface area (Å²) in [4.78, 5) is 3.66. The van der Waals surface area contributed by atoms with Crippen molar-refractivity contribution in [3.8, 4) is 22.8 Å². The average Bonchev–Trinajstić information content (AvgIpc) is 3.35. The molecule has 0 aliphatic rings. The monoisotopic (exact) mass is 720 g/mol. The van der Waals surface area contributed by atoms with Gasteiger partial charge in [-0.1, -0.05) is 34.8 Å². The van der Waals surface area contributed by atoms with E-state index < -0.39 is 20.0 Å². The lowest BCUT2D eigenvalue weighted by Gasteiger charge is -2.08. The molecule has 4 aromatic carbocycles. The number of furan rings is 1. The van der Waals surface area contributed by atoms with Crippen molar-refractivity contribution in [2.45, 2.75) is 9.79 Å². The second-order valence-electron chi connectivity index (χ2n) is 9.42. The van der Waals surface area contributed by atoms with Gasteiger partial charge in [-0.15, -0.1) is 0 Å². The number of nitrogens with one attached hydrogen (secondary N) is 2. The van der Waals surface area contributed by atoms with Gasteiger partial charge in [0.2, 0.25) is 0 Å². The first-order chi connectivity index (χ1) is 21.9. The second kappa shape index (κ2) is 13.6. The molecule has 238 valence electrons. The number of hydrogen-bond donors (Lipinski definition) is 2. The van der Waals surface area contributed by atoms with E-state index in [9.17, 15) is 16.8 Å². The number of halogens is 3. The van der Waals surface area contributed by atoms with Gasteiger partial charge in [0.25, 0.3) is 20.0 Å². The van der Waals surface area contributed by atoms with Crippen molar-refractivity contribution < 1.29 is 30.7 Å². The molecular weight excluding hydrogens is 699 g/mol. The molecule has 0 saturated carbocycles. The highest BCUT2D eigenvalue weighted by atomic mass is 35.5. The maximum atomic E-state index is 13.1. The van der Waals surface area contributed by atoms with Gasteiger partial charge in [0.15, 0.2) is 5.76 Å². The summed E-state index contributed by atoms with van der Waals surface area (Å²) in [6, 6.07) is 20.2. The summed E-state index contributed by atoms with van der Waals surface area (Å²) in [5.41, 5.74) is 1.65. The third kappa shape index (κ3) is 7.24. The molecule has 11 nitrogen and oxygen atoms in total. The Morgan fingerprint density at radius 2 is 1.17 bits per heavy atom. The number of ether oxygens (including phenoxy) is 2. The van der Waals surface area contributed by atoms with E-state index in [1.165, 1.54) is 57.0 Å². The molecule has 2 N–H and O–H groups in total. The number of methoxy groups -OCH3 is 2. The van der Waals surface area contributed by atoms with Crippen LogP contribution in [0.2, 0.25) is 15.1 Å². The van der Waals surface area contributed by atoms with Crippen LogP contribution in [0.25, 0.3) is 22.3 Å². The van der Waals surface area contributed by atoms with Gasteiger partial charge in [0, 0.05) is 17.0 Å². The predicted octanol–water partition coefficient (Wildman–Crippen LogP) is 6.70. The maximum absolute atomic E-state index is 13.1. The minimum atomic E-state index is -4.23. The van der Waals surface area contributed by atoms with Crippen LogP contribution in [0.15, 0.2) is 103 Å². The van der Waals surface area contributed by atoms with Crippen LogP contribution >= 0.6 is 34.8 Å². The molecular formula is C30H23Cl3N4O7S2. The highest BCUT2D eigenvalue weighted by molar-refractivity contribution is 7.89. The topological polar surface area (TPSA) is 149 Å². The molecule has 0 atom stereocenters. The molecule has 0 spiro atoms. The summed E-state index contributed by atoms with van der Waals surface area (Å²) in [6.45, 7) is 0. The van der Waals surface area contributed by atoms with Gasteiger partial charge in [0.1, 0.15) is 26.9 Å². The largest absolute Gasteiger partial charge is 0.497 e.